The Bertz CT molecular complexity index is 513. The highest BCUT2D eigenvalue weighted by Crippen LogP contribution is 2.48. The molecule has 0 amide bonds. The van der Waals surface area contributed by atoms with Gasteiger partial charge in [-0.1, -0.05) is 0 Å². The van der Waals surface area contributed by atoms with Crippen molar-refractivity contribution in [3.8, 4) is 0 Å². The number of ether oxygens (including phenoxy) is 1. The third-order valence-corrected chi connectivity index (χ3v) is 4.09. The minimum Gasteiger partial charge on any atom is -0.478 e. The van der Waals surface area contributed by atoms with Crippen LogP contribution in [0.4, 0.5) is 5.82 Å². The molecular formula is C14H21N3O3. The highest BCUT2D eigenvalue weighted by molar-refractivity contribution is 5.94. The predicted molar refractivity (Wildman–Crippen MR) is 75.1 cm³/mol. The van der Waals surface area contributed by atoms with Crippen molar-refractivity contribution in [3.63, 3.8) is 0 Å². The van der Waals surface area contributed by atoms with Gasteiger partial charge in [0.1, 0.15) is 5.56 Å². The molecule has 0 radical (unpaired) electrons. The summed E-state index contributed by atoms with van der Waals surface area (Å²) >= 11 is 0. The van der Waals surface area contributed by atoms with Crippen molar-refractivity contribution in [2.75, 3.05) is 25.6 Å². The summed E-state index contributed by atoms with van der Waals surface area (Å²) < 4.78 is 5.12. The lowest BCUT2D eigenvalue weighted by Gasteiger charge is -2.17. The van der Waals surface area contributed by atoms with E-state index in [1.165, 1.54) is 0 Å². The second-order valence-electron chi connectivity index (χ2n) is 5.54. The normalized spacial score (nSPS) is 15.9. The molecule has 20 heavy (non-hydrogen) atoms. The second kappa shape index (κ2) is 5.75. The number of carbonyl (C=O) groups is 1. The van der Waals surface area contributed by atoms with E-state index in [2.05, 4.69) is 15.5 Å². The Morgan fingerprint density at radius 3 is 2.65 bits per heavy atom. The second-order valence-corrected chi connectivity index (χ2v) is 5.54. The third kappa shape index (κ3) is 3.07. The van der Waals surface area contributed by atoms with Crippen LogP contribution in [0.2, 0.25) is 0 Å². The lowest BCUT2D eigenvalue weighted by molar-refractivity contribution is 0.0696. The van der Waals surface area contributed by atoms with Crippen molar-refractivity contribution in [2.24, 2.45) is 5.41 Å². The number of hydrogen-bond acceptors (Lipinski definition) is 5. The molecule has 0 saturated heterocycles. The molecule has 0 bridgehead atoms. The van der Waals surface area contributed by atoms with Gasteiger partial charge < -0.3 is 15.2 Å². The number of aromatic carboxylic acids is 1. The summed E-state index contributed by atoms with van der Waals surface area (Å²) in [7, 11) is 1.70. The molecule has 0 aromatic carbocycles. The number of aromatic nitrogens is 2. The molecule has 6 nitrogen and oxygen atoms in total. The lowest BCUT2D eigenvalue weighted by Crippen LogP contribution is -2.20. The van der Waals surface area contributed by atoms with Gasteiger partial charge in [-0.05, 0) is 44.1 Å². The van der Waals surface area contributed by atoms with E-state index in [1.54, 1.807) is 21.0 Å². The number of anilines is 1. The SMILES string of the molecule is COCCC1(CNc2nnc(C)c(C)c2C(=O)O)CC1. The van der Waals surface area contributed by atoms with Crippen LogP contribution >= 0.6 is 0 Å². The number of hydrogen-bond donors (Lipinski definition) is 2. The van der Waals surface area contributed by atoms with E-state index < -0.39 is 5.97 Å². The van der Waals surface area contributed by atoms with Gasteiger partial charge in [0, 0.05) is 20.3 Å². The first kappa shape index (κ1) is 14.7. The van der Waals surface area contributed by atoms with Gasteiger partial charge in [0.25, 0.3) is 0 Å². The van der Waals surface area contributed by atoms with Crippen molar-refractivity contribution in [2.45, 2.75) is 33.1 Å². The molecule has 1 aromatic rings. The van der Waals surface area contributed by atoms with Crippen molar-refractivity contribution >= 4 is 11.8 Å². The van der Waals surface area contributed by atoms with Gasteiger partial charge in [0.15, 0.2) is 5.82 Å². The van der Waals surface area contributed by atoms with Crippen LogP contribution in [0.15, 0.2) is 0 Å². The van der Waals surface area contributed by atoms with Crippen LogP contribution < -0.4 is 5.32 Å². The maximum absolute atomic E-state index is 11.4. The van der Waals surface area contributed by atoms with Gasteiger partial charge in [-0.15, -0.1) is 5.10 Å². The zero-order valence-electron chi connectivity index (χ0n) is 12.2. The van der Waals surface area contributed by atoms with Gasteiger partial charge in [-0.2, -0.15) is 5.10 Å². The molecule has 0 spiro atoms. The summed E-state index contributed by atoms with van der Waals surface area (Å²) in [5, 5.41) is 20.5. The Balaban J connectivity index is 2.10. The number of nitrogens with zero attached hydrogens (tertiary/aromatic N) is 2. The number of carboxylic acids is 1. The highest BCUT2D eigenvalue weighted by atomic mass is 16.5. The molecule has 1 aliphatic carbocycles. The number of nitrogens with one attached hydrogen (secondary N) is 1. The summed E-state index contributed by atoms with van der Waals surface area (Å²) in [6, 6.07) is 0. The zero-order valence-corrected chi connectivity index (χ0v) is 12.2. The molecule has 0 atom stereocenters. The standard InChI is InChI=1S/C14H21N3O3/c1-9-10(2)16-17-12(11(9)13(18)19)15-8-14(4-5-14)6-7-20-3/h4-8H2,1-3H3,(H,15,17)(H,18,19). The zero-order chi connectivity index (χ0) is 14.8. The minimum atomic E-state index is -0.968. The van der Waals surface area contributed by atoms with E-state index >= 15 is 0 Å². The fraction of sp³-hybridized carbons (Fsp3) is 0.643. The highest BCUT2D eigenvalue weighted by Gasteiger charge is 2.42. The Morgan fingerprint density at radius 1 is 1.40 bits per heavy atom. The molecule has 1 aromatic heterocycles. The van der Waals surface area contributed by atoms with Crippen LogP contribution in [0.5, 0.6) is 0 Å². The number of methoxy groups -OCH3 is 1. The first-order valence-electron chi connectivity index (χ1n) is 6.79. The maximum atomic E-state index is 11.4. The van der Waals surface area contributed by atoms with Crippen LogP contribution in [0.1, 0.15) is 40.9 Å². The molecule has 6 heteroatoms. The fourth-order valence-electron chi connectivity index (χ4n) is 2.28. The first-order chi connectivity index (χ1) is 9.49. The van der Waals surface area contributed by atoms with Gasteiger partial charge in [0.2, 0.25) is 0 Å². The van der Waals surface area contributed by atoms with Gasteiger partial charge in [-0.3, -0.25) is 0 Å². The molecule has 0 unspecified atom stereocenters. The van der Waals surface area contributed by atoms with Crippen molar-refractivity contribution in [1.29, 1.82) is 0 Å². The summed E-state index contributed by atoms with van der Waals surface area (Å²) in [6.45, 7) is 4.97. The molecule has 2 N–H and O–H groups in total. The molecule has 110 valence electrons. The average molecular weight is 279 g/mol. The van der Waals surface area contributed by atoms with Gasteiger partial charge >= 0.3 is 5.97 Å². The van der Waals surface area contributed by atoms with E-state index in [-0.39, 0.29) is 11.0 Å². The Labute approximate surface area is 118 Å². The van der Waals surface area contributed by atoms with Crippen LogP contribution in [0.3, 0.4) is 0 Å². The fourth-order valence-corrected chi connectivity index (χ4v) is 2.28. The minimum absolute atomic E-state index is 0.222. The molecule has 0 aliphatic heterocycles. The topological polar surface area (TPSA) is 84.3 Å². The smallest absolute Gasteiger partial charge is 0.339 e. The van der Waals surface area contributed by atoms with Gasteiger partial charge in [0.05, 0.1) is 5.69 Å². The summed E-state index contributed by atoms with van der Waals surface area (Å²) in [4.78, 5) is 11.4. The van der Waals surface area contributed by atoms with Crippen LogP contribution in [-0.4, -0.2) is 41.5 Å². The van der Waals surface area contributed by atoms with Crippen LogP contribution in [0, 0.1) is 19.3 Å². The third-order valence-electron chi connectivity index (χ3n) is 4.09. The molecular weight excluding hydrogens is 258 g/mol. The Morgan fingerprint density at radius 2 is 2.10 bits per heavy atom. The maximum Gasteiger partial charge on any atom is 0.339 e. The average Bonchev–Trinajstić information content (AvgIpc) is 3.18. The van der Waals surface area contributed by atoms with E-state index in [0.717, 1.165) is 25.9 Å². The first-order valence-corrected chi connectivity index (χ1v) is 6.79. The summed E-state index contributed by atoms with van der Waals surface area (Å²) in [5.74, 6) is -0.603. The molecule has 1 saturated carbocycles. The van der Waals surface area contributed by atoms with Crippen LogP contribution in [-0.2, 0) is 4.74 Å². The predicted octanol–water partition coefficient (Wildman–Crippen LogP) is 2.02. The van der Waals surface area contributed by atoms with Crippen LogP contribution in [0.25, 0.3) is 0 Å². The number of carboxylic acid groups (broad SMARTS) is 1. The lowest BCUT2D eigenvalue weighted by atomic mass is 10.0. The number of aryl methyl sites for hydroxylation is 1. The molecule has 1 aliphatic rings. The van der Waals surface area contributed by atoms with E-state index in [9.17, 15) is 9.90 Å². The van der Waals surface area contributed by atoms with E-state index in [0.29, 0.717) is 23.6 Å². The van der Waals surface area contributed by atoms with E-state index in [1.807, 2.05) is 0 Å². The molecule has 1 heterocycles. The molecule has 1 fully saturated rings. The van der Waals surface area contributed by atoms with Crippen molar-refractivity contribution in [1.82, 2.24) is 10.2 Å². The van der Waals surface area contributed by atoms with Gasteiger partial charge in [-0.25, -0.2) is 4.79 Å². The molecule has 2 rings (SSSR count). The summed E-state index contributed by atoms with van der Waals surface area (Å²) in [5.41, 5.74) is 1.76. The number of rotatable bonds is 7. The Hall–Kier alpha value is -1.69. The van der Waals surface area contributed by atoms with E-state index in [4.69, 9.17) is 4.74 Å². The van der Waals surface area contributed by atoms with Crippen molar-refractivity contribution < 1.29 is 14.6 Å². The quantitative estimate of drug-likeness (QED) is 0.794. The largest absolute Gasteiger partial charge is 0.478 e. The Kier molecular flexibility index (Phi) is 4.23. The van der Waals surface area contributed by atoms with Crippen molar-refractivity contribution in [3.05, 3.63) is 16.8 Å². The summed E-state index contributed by atoms with van der Waals surface area (Å²) in [6.07, 6.45) is 3.27. The monoisotopic (exact) mass is 279 g/mol.